The lowest BCUT2D eigenvalue weighted by molar-refractivity contribution is 0.139. The van der Waals surface area contributed by atoms with Gasteiger partial charge in [0, 0.05) is 0 Å². The lowest BCUT2D eigenvalue weighted by Crippen LogP contribution is -2.05. The van der Waals surface area contributed by atoms with Gasteiger partial charge in [-0.05, 0) is 75.3 Å². The first kappa shape index (κ1) is 27.6. The van der Waals surface area contributed by atoms with Gasteiger partial charge in [0.05, 0.1) is 12.3 Å². The Bertz CT molecular complexity index is 654. The number of aryl methyl sites for hydroxylation is 2. The minimum Gasteiger partial charge on any atom is -0.493 e. The van der Waals surface area contributed by atoms with E-state index in [1.807, 2.05) is 13.8 Å². The van der Waals surface area contributed by atoms with Crippen LogP contribution in [0.2, 0.25) is 0 Å². The minimum atomic E-state index is 0.222. The van der Waals surface area contributed by atoms with E-state index in [1.165, 1.54) is 17.5 Å². The van der Waals surface area contributed by atoms with Crippen LogP contribution in [0.3, 0.4) is 0 Å². The molecule has 0 unspecified atom stereocenters. The second-order valence-electron chi connectivity index (χ2n) is 7.86. The maximum absolute atomic E-state index is 6.29. The fourth-order valence-electron chi connectivity index (χ4n) is 3.25. The summed E-state index contributed by atoms with van der Waals surface area (Å²) in [5.41, 5.74) is 3.39. The number of hydrogen-bond donors (Lipinski definition) is 0. The molecule has 0 spiro atoms. The molecule has 1 aromatic carbocycles. The van der Waals surface area contributed by atoms with Crippen molar-refractivity contribution >= 4 is 28.9 Å². The molecule has 0 fully saturated rings. The van der Waals surface area contributed by atoms with Crippen LogP contribution >= 0.6 is 23.2 Å². The van der Waals surface area contributed by atoms with Gasteiger partial charge in [-0.15, -0.1) is 0 Å². The van der Waals surface area contributed by atoms with Crippen LogP contribution in [-0.4, -0.2) is 25.5 Å². The lowest BCUT2D eigenvalue weighted by atomic mass is 10.0. The number of rotatable bonds is 17. The van der Waals surface area contributed by atoms with Crippen molar-refractivity contribution in [2.45, 2.75) is 85.5 Å². The third-order valence-corrected chi connectivity index (χ3v) is 4.92. The molecule has 0 heterocycles. The average Bonchev–Trinajstić information content (AvgIpc) is 2.71. The number of halogens is 2. The Balaban J connectivity index is 2.56. The predicted molar refractivity (Wildman–Crippen MR) is 133 cm³/mol. The molecule has 4 nitrogen and oxygen atoms in total. The van der Waals surface area contributed by atoms with E-state index in [2.05, 4.69) is 31.1 Å². The van der Waals surface area contributed by atoms with Crippen LogP contribution in [-0.2, 0) is 17.7 Å². The smallest absolute Gasteiger partial charge is 0.125 e. The Hall–Kier alpha value is -1.39. The van der Waals surface area contributed by atoms with E-state index < -0.39 is 0 Å². The maximum atomic E-state index is 6.29. The number of benzene rings is 1. The highest BCUT2D eigenvalue weighted by molar-refractivity contribution is 6.55. The number of nitrogens with zero attached hydrogens (tertiary/aromatic N) is 1. The largest absolute Gasteiger partial charge is 0.493 e. The molecule has 0 radical (unpaired) electrons. The third-order valence-electron chi connectivity index (χ3n) is 4.62. The molecular weight excluding hydrogens is 433 g/mol. The summed E-state index contributed by atoms with van der Waals surface area (Å²) in [6.45, 7) is 10.0. The van der Waals surface area contributed by atoms with Crippen molar-refractivity contribution < 1.29 is 14.3 Å². The van der Waals surface area contributed by atoms with Gasteiger partial charge in [-0.25, -0.2) is 0 Å². The quantitative estimate of drug-likeness (QED) is 0.131. The molecule has 1 rings (SSSR count). The Labute approximate surface area is 198 Å². The van der Waals surface area contributed by atoms with Gasteiger partial charge in [-0.1, -0.05) is 67.9 Å². The van der Waals surface area contributed by atoms with Gasteiger partial charge in [0.25, 0.3) is 0 Å². The topological polar surface area (TPSA) is 40.0 Å². The van der Waals surface area contributed by atoms with E-state index in [0.717, 1.165) is 75.2 Å². The highest BCUT2D eigenvalue weighted by Crippen LogP contribution is 2.32. The monoisotopic (exact) mass is 471 g/mol. The second-order valence-corrected chi connectivity index (χ2v) is 8.87. The van der Waals surface area contributed by atoms with Gasteiger partial charge >= 0.3 is 0 Å². The lowest BCUT2D eigenvalue weighted by Gasteiger charge is -2.18. The van der Waals surface area contributed by atoms with Crippen molar-refractivity contribution in [3.05, 3.63) is 33.8 Å². The molecule has 0 aliphatic carbocycles. The molecule has 6 heteroatoms. The van der Waals surface area contributed by atoms with E-state index in [4.69, 9.17) is 37.5 Å². The summed E-state index contributed by atoms with van der Waals surface area (Å²) in [4.78, 5) is 5.24. The van der Waals surface area contributed by atoms with Crippen LogP contribution in [0.15, 0.2) is 27.9 Å². The Morgan fingerprint density at radius 3 is 2.00 bits per heavy atom. The number of oxime groups is 1. The molecule has 0 N–H and O–H groups in total. The fraction of sp³-hybridized carbons (Fsp3) is 0.640. The van der Waals surface area contributed by atoms with Gasteiger partial charge in [0.15, 0.2) is 0 Å². The normalized spacial score (nSPS) is 10.5. The van der Waals surface area contributed by atoms with Crippen molar-refractivity contribution in [3.8, 4) is 11.5 Å². The Morgan fingerprint density at radius 2 is 1.45 bits per heavy atom. The summed E-state index contributed by atoms with van der Waals surface area (Å²) in [5, 5.41) is 3.96. The molecule has 176 valence electrons. The second kappa shape index (κ2) is 17.2. The van der Waals surface area contributed by atoms with Gasteiger partial charge in [-0.3, -0.25) is 0 Å². The molecule has 1 aromatic rings. The highest BCUT2D eigenvalue weighted by Gasteiger charge is 2.13. The number of hydrogen-bond acceptors (Lipinski definition) is 4. The maximum Gasteiger partial charge on any atom is 0.125 e. The van der Waals surface area contributed by atoms with Crippen LogP contribution in [0.5, 0.6) is 11.5 Å². The van der Waals surface area contributed by atoms with Crippen molar-refractivity contribution in [2.24, 2.45) is 5.16 Å². The fourth-order valence-corrected chi connectivity index (χ4v) is 3.38. The molecule has 0 atom stereocenters. The summed E-state index contributed by atoms with van der Waals surface area (Å²) in [6.07, 6.45) is 11.3. The van der Waals surface area contributed by atoms with Crippen LogP contribution in [0, 0.1) is 0 Å². The van der Waals surface area contributed by atoms with Crippen LogP contribution in [0.4, 0.5) is 0 Å². The first-order chi connectivity index (χ1) is 15.0. The molecule has 0 bridgehead atoms. The Kier molecular flexibility index (Phi) is 15.3. The SMILES string of the molecule is CCCc1cc(OCC=C(Cl)Cl)cc(CCC)c1OCCCCCCCON=C(C)C. The summed E-state index contributed by atoms with van der Waals surface area (Å²) >= 11 is 11.4. The summed E-state index contributed by atoms with van der Waals surface area (Å²) in [5.74, 6) is 1.89. The van der Waals surface area contributed by atoms with Gasteiger partial charge in [-0.2, -0.15) is 0 Å². The van der Waals surface area contributed by atoms with E-state index in [-0.39, 0.29) is 4.49 Å². The molecule has 0 aliphatic rings. The van der Waals surface area contributed by atoms with E-state index in [0.29, 0.717) is 13.2 Å². The first-order valence-corrected chi connectivity index (χ1v) is 12.3. The van der Waals surface area contributed by atoms with E-state index in [9.17, 15) is 0 Å². The summed E-state index contributed by atoms with van der Waals surface area (Å²) < 4.78 is 12.3. The first-order valence-electron chi connectivity index (χ1n) is 11.5. The molecule has 0 saturated heterocycles. The van der Waals surface area contributed by atoms with Gasteiger partial charge in [0.2, 0.25) is 0 Å². The molecule has 0 aliphatic heterocycles. The van der Waals surface area contributed by atoms with Crippen molar-refractivity contribution in [3.63, 3.8) is 0 Å². The van der Waals surface area contributed by atoms with Crippen molar-refractivity contribution in [2.75, 3.05) is 19.8 Å². The van der Waals surface area contributed by atoms with Gasteiger partial charge in [0.1, 0.15) is 29.2 Å². The molecule has 31 heavy (non-hydrogen) atoms. The molecule has 0 aromatic heterocycles. The standard InChI is InChI=1S/C25H39Cl2NO3/c1-5-12-21-18-23(29-17-14-24(26)27)19-22(13-6-2)25(21)30-15-10-8-7-9-11-16-31-28-20(3)4/h14,18-19H,5-13,15-17H2,1-4H3. The molecular formula is C25H39Cl2NO3. The minimum absolute atomic E-state index is 0.222. The van der Waals surface area contributed by atoms with Gasteiger partial charge < -0.3 is 14.3 Å². The third kappa shape index (κ3) is 12.9. The average molecular weight is 472 g/mol. The number of unbranched alkanes of at least 4 members (excludes halogenated alkanes) is 4. The zero-order chi connectivity index (χ0) is 22.9. The molecule has 0 amide bonds. The van der Waals surface area contributed by atoms with Crippen LogP contribution in [0.25, 0.3) is 0 Å². The van der Waals surface area contributed by atoms with Crippen molar-refractivity contribution in [1.82, 2.24) is 0 Å². The zero-order valence-corrected chi connectivity index (χ0v) is 21.2. The van der Waals surface area contributed by atoms with E-state index in [1.54, 1.807) is 6.08 Å². The predicted octanol–water partition coefficient (Wildman–Crippen LogP) is 8.03. The summed E-state index contributed by atoms with van der Waals surface area (Å²) in [7, 11) is 0. The van der Waals surface area contributed by atoms with Crippen LogP contribution in [0.1, 0.15) is 83.8 Å². The zero-order valence-electron chi connectivity index (χ0n) is 19.6. The summed E-state index contributed by atoms with van der Waals surface area (Å²) in [6, 6.07) is 4.18. The highest BCUT2D eigenvalue weighted by atomic mass is 35.5. The van der Waals surface area contributed by atoms with Crippen molar-refractivity contribution in [1.29, 1.82) is 0 Å². The van der Waals surface area contributed by atoms with E-state index >= 15 is 0 Å². The Morgan fingerprint density at radius 1 is 0.871 bits per heavy atom. The molecule has 0 saturated carbocycles. The number of ether oxygens (including phenoxy) is 2. The van der Waals surface area contributed by atoms with Crippen LogP contribution < -0.4 is 9.47 Å².